The molecule has 1 N–H and O–H groups in total. The van der Waals surface area contributed by atoms with Crippen molar-refractivity contribution in [2.75, 3.05) is 6.73 Å². The van der Waals surface area contributed by atoms with E-state index in [2.05, 4.69) is 4.98 Å². The van der Waals surface area contributed by atoms with Gasteiger partial charge in [0.15, 0.2) is 11.3 Å². The third-order valence-electron chi connectivity index (χ3n) is 4.55. The van der Waals surface area contributed by atoms with Gasteiger partial charge in [0.1, 0.15) is 13.1 Å². The van der Waals surface area contributed by atoms with Crippen LogP contribution in [0.2, 0.25) is 5.02 Å². The Morgan fingerprint density at radius 1 is 1.28 bits per heavy atom. The molecule has 1 aliphatic rings. The number of ether oxygens (including phenoxy) is 1. The molecule has 128 valence electrons. The molecule has 3 heterocycles. The summed E-state index contributed by atoms with van der Waals surface area (Å²) in [6.07, 6.45) is 4.31. The van der Waals surface area contributed by atoms with E-state index in [9.17, 15) is 4.79 Å². The maximum absolute atomic E-state index is 12.0. The number of nitrogens with one attached hydrogen (secondary N) is 1. The van der Waals surface area contributed by atoms with Gasteiger partial charge in [0.25, 0.3) is 0 Å². The molecule has 6 heteroatoms. The van der Waals surface area contributed by atoms with Crippen molar-refractivity contribution < 1.29 is 14.1 Å². The number of hydrogen-bond donors (Lipinski definition) is 1. The summed E-state index contributed by atoms with van der Waals surface area (Å²) in [5.41, 5.74) is 3.24. The van der Waals surface area contributed by atoms with Gasteiger partial charge in [-0.05, 0) is 30.2 Å². The van der Waals surface area contributed by atoms with Gasteiger partial charge >= 0.3 is 5.63 Å². The van der Waals surface area contributed by atoms with Crippen LogP contribution in [0.15, 0.2) is 45.9 Å². The maximum Gasteiger partial charge on any atom is 0.336 e. The lowest BCUT2D eigenvalue weighted by Crippen LogP contribution is -3.10. The van der Waals surface area contributed by atoms with E-state index in [1.165, 1.54) is 16.5 Å². The fraction of sp³-hybridized carbons (Fsp3) is 0.263. The van der Waals surface area contributed by atoms with Crippen LogP contribution in [0.5, 0.6) is 5.75 Å². The molecule has 0 bridgehead atoms. The van der Waals surface area contributed by atoms with Crippen molar-refractivity contribution in [1.29, 1.82) is 0 Å². The second kappa shape index (κ2) is 6.50. The van der Waals surface area contributed by atoms with Crippen molar-refractivity contribution in [3.05, 3.63) is 68.8 Å². The molecule has 1 atom stereocenters. The van der Waals surface area contributed by atoms with E-state index < -0.39 is 0 Å². The van der Waals surface area contributed by atoms with Crippen LogP contribution in [0, 0.1) is 0 Å². The number of rotatable bonds is 3. The average molecular weight is 358 g/mol. The van der Waals surface area contributed by atoms with E-state index in [-0.39, 0.29) is 5.63 Å². The van der Waals surface area contributed by atoms with Crippen molar-refractivity contribution >= 4 is 22.6 Å². The molecule has 3 aromatic rings. The van der Waals surface area contributed by atoms with Crippen molar-refractivity contribution in [2.45, 2.75) is 26.4 Å². The van der Waals surface area contributed by atoms with Crippen LogP contribution < -0.4 is 15.3 Å². The van der Waals surface area contributed by atoms with Crippen LogP contribution in [-0.4, -0.2) is 11.7 Å². The Labute approximate surface area is 149 Å². The first-order valence-electron chi connectivity index (χ1n) is 8.29. The van der Waals surface area contributed by atoms with E-state index >= 15 is 0 Å². The average Bonchev–Trinajstić information content (AvgIpc) is 2.63. The minimum absolute atomic E-state index is 0.338. The Kier molecular flexibility index (Phi) is 4.19. The zero-order valence-electron chi connectivity index (χ0n) is 13.8. The van der Waals surface area contributed by atoms with Gasteiger partial charge in [-0.3, -0.25) is 9.88 Å². The third-order valence-corrected chi connectivity index (χ3v) is 4.83. The molecule has 0 saturated heterocycles. The van der Waals surface area contributed by atoms with Crippen LogP contribution in [0.4, 0.5) is 0 Å². The number of quaternary nitrogens is 1. The summed E-state index contributed by atoms with van der Waals surface area (Å²) in [6.45, 7) is 4.01. The fourth-order valence-corrected chi connectivity index (χ4v) is 3.64. The fourth-order valence-electron chi connectivity index (χ4n) is 3.36. The molecule has 0 aliphatic carbocycles. The molecule has 1 unspecified atom stereocenters. The summed E-state index contributed by atoms with van der Waals surface area (Å²) in [4.78, 5) is 17.2. The van der Waals surface area contributed by atoms with Crippen LogP contribution in [-0.2, 0) is 19.5 Å². The van der Waals surface area contributed by atoms with Gasteiger partial charge in [-0.2, -0.15) is 0 Å². The molecular formula is C19H18ClN2O3+. The zero-order chi connectivity index (χ0) is 17.4. The van der Waals surface area contributed by atoms with Crippen LogP contribution in [0.1, 0.15) is 23.6 Å². The van der Waals surface area contributed by atoms with Crippen LogP contribution in [0.25, 0.3) is 11.0 Å². The van der Waals surface area contributed by atoms with Crippen LogP contribution in [0.3, 0.4) is 0 Å². The quantitative estimate of drug-likeness (QED) is 0.731. The minimum atomic E-state index is -0.338. The Hall–Kier alpha value is -2.37. The second-order valence-corrected chi connectivity index (χ2v) is 6.64. The van der Waals surface area contributed by atoms with E-state index in [1.54, 1.807) is 12.4 Å². The Bertz CT molecular complexity index is 985. The highest BCUT2D eigenvalue weighted by atomic mass is 35.5. The number of aryl methyl sites for hydroxylation is 1. The predicted molar refractivity (Wildman–Crippen MR) is 95.0 cm³/mol. The number of pyridine rings is 1. The highest BCUT2D eigenvalue weighted by Crippen LogP contribution is 2.37. The van der Waals surface area contributed by atoms with Gasteiger partial charge in [0.2, 0.25) is 6.73 Å². The first kappa shape index (κ1) is 16.1. The number of halogens is 1. The van der Waals surface area contributed by atoms with E-state index in [4.69, 9.17) is 20.8 Å². The van der Waals surface area contributed by atoms with Crippen molar-refractivity contribution in [2.24, 2.45) is 0 Å². The normalized spacial score (nSPS) is 16.5. The summed E-state index contributed by atoms with van der Waals surface area (Å²) < 4.78 is 11.5. The predicted octanol–water partition coefficient (Wildman–Crippen LogP) is 2.34. The molecule has 1 aliphatic heterocycles. The lowest BCUT2D eigenvalue weighted by atomic mass is 10.0. The molecule has 1 aromatic carbocycles. The van der Waals surface area contributed by atoms with E-state index in [1.807, 2.05) is 25.1 Å². The molecule has 2 aromatic heterocycles. The first-order chi connectivity index (χ1) is 12.2. The lowest BCUT2D eigenvalue weighted by Gasteiger charge is -2.27. The topological polar surface area (TPSA) is 56.8 Å². The van der Waals surface area contributed by atoms with Gasteiger partial charge in [0.05, 0.1) is 10.6 Å². The summed E-state index contributed by atoms with van der Waals surface area (Å²) >= 11 is 6.44. The Morgan fingerprint density at radius 2 is 2.08 bits per heavy atom. The number of hydrogen-bond acceptors (Lipinski definition) is 4. The largest absolute Gasteiger partial charge is 0.443 e. The second-order valence-electron chi connectivity index (χ2n) is 6.23. The number of nitrogens with zero attached hydrogens (tertiary/aromatic N) is 1. The van der Waals surface area contributed by atoms with Crippen molar-refractivity contribution in [3.8, 4) is 5.75 Å². The lowest BCUT2D eigenvalue weighted by molar-refractivity contribution is -0.945. The Morgan fingerprint density at radius 3 is 2.84 bits per heavy atom. The maximum atomic E-state index is 12.0. The first-order valence-corrected chi connectivity index (χ1v) is 8.67. The molecule has 0 spiro atoms. The van der Waals surface area contributed by atoms with Gasteiger partial charge in [0, 0.05) is 29.4 Å². The number of benzene rings is 1. The van der Waals surface area contributed by atoms with Crippen LogP contribution >= 0.6 is 11.6 Å². The van der Waals surface area contributed by atoms with E-state index in [0.29, 0.717) is 29.6 Å². The number of aromatic nitrogens is 1. The SMILES string of the molecule is CCc1cc(=O)oc2c3c(c(Cl)cc12)OC[NH+](Cc1ccncc1)C3. The monoisotopic (exact) mass is 357 g/mol. The highest BCUT2D eigenvalue weighted by molar-refractivity contribution is 6.33. The summed E-state index contributed by atoms with van der Waals surface area (Å²) in [6, 6.07) is 7.36. The molecule has 0 amide bonds. The van der Waals surface area contributed by atoms with Crippen molar-refractivity contribution in [1.82, 2.24) is 4.98 Å². The van der Waals surface area contributed by atoms with Crippen molar-refractivity contribution in [3.63, 3.8) is 0 Å². The standard InChI is InChI=1S/C19H17ClN2O3/c1-2-13-7-17(23)25-18-14(13)8-16(20)19-15(18)10-22(11-24-19)9-12-3-5-21-6-4-12/h3-8H,2,9-11H2,1H3/p+1. The molecule has 25 heavy (non-hydrogen) atoms. The highest BCUT2D eigenvalue weighted by Gasteiger charge is 2.27. The third kappa shape index (κ3) is 3.01. The van der Waals surface area contributed by atoms with Gasteiger partial charge in [-0.15, -0.1) is 0 Å². The van der Waals surface area contributed by atoms with Gasteiger partial charge in [-0.25, -0.2) is 4.79 Å². The molecule has 0 fully saturated rings. The molecule has 4 rings (SSSR count). The Balaban J connectivity index is 1.78. The minimum Gasteiger partial charge on any atom is -0.443 e. The molecule has 0 saturated carbocycles. The summed E-state index contributed by atoms with van der Waals surface area (Å²) in [5, 5.41) is 1.45. The zero-order valence-corrected chi connectivity index (χ0v) is 14.6. The van der Waals surface area contributed by atoms with Gasteiger partial charge < -0.3 is 9.15 Å². The molecular weight excluding hydrogens is 340 g/mol. The van der Waals surface area contributed by atoms with Gasteiger partial charge in [-0.1, -0.05) is 18.5 Å². The number of fused-ring (bicyclic) bond motifs is 3. The molecule has 0 radical (unpaired) electrons. The molecule has 5 nitrogen and oxygen atoms in total. The smallest absolute Gasteiger partial charge is 0.336 e. The summed E-state index contributed by atoms with van der Waals surface area (Å²) in [7, 11) is 0. The summed E-state index contributed by atoms with van der Waals surface area (Å²) in [5.74, 6) is 0.629. The van der Waals surface area contributed by atoms with E-state index in [0.717, 1.165) is 29.5 Å².